The molecule has 0 aromatic heterocycles. The van der Waals surface area contributed by atoms with Gasteiger partial charge in [-0.15, -0.1) is 0 Å². The van der Waals surface area contributed by atoms with Crippen molar-refractivity contribution in [1.29, 1.82) is 0 Å². The molecule has 2 aromatic carbocycles. The van der Waals surface area contributed by atoms with E-state index in [1.54, 1.807) is 37.4 Å². The predicted molar refractivity (Wildman–Crippen MR) is 89.1 cm³/mol. The number of nitrogens with one attached hydrogen (secondary N) is 1. The first-order valence-electron chi connectivity index (χ1n) is 7.11. The lowest BCUT2D eigenvalue weighted by atomic mass is 10.0. The maximum Gasteiger partial charge on any atom is 0.261 e. The second kappa shape index (κ2) is 6.40. The topological polar surface area (TPSA) is 55.4 Å². The monoisotopic (exact) mass is 319 g/mol. The third-order valence-electron chi connectivity index (χ3n) is 3.40. The van der Waals surface area contributed by atoms with Gasteiger partial charge in [0.15, 0.2) is 0 Å². The Morgan fingerprint density at radius 3 is 2.41 bits per heavy atom. The summed E-state index contributed by atoms with van der Waals surface area (Å²) in [6.45, 7) is 5.92. The molecule has 0 saturated heterocycles. The lowest BCUT2D eigenvalue weighted by Crippen LogP contribution is -2.13. The first-order chi connectivity index (χ1) is 10.3. The Morgan fingerprint density at radius 1 is 1.09 bits per heavy atom. The standard InChI is InChI=1S/C17H21NO3S/c1-12(2)16-11-15(8-9-17(16)21-4)22(19,20)18-14-7-5-6-13(3)10-14/h5-12,18H,1-4H3. The van der Waals surface area contributed by atoms with Crippen LogP contribution in [0.2, 0.25) is 0 Å². The molecule has 0 aliphatic rings. The molecule has 118 valence electrons. The summed E-state index contributed by atoms with van der Waals surface area (Å²) in [5.74, 6) is 0.869. The van der Waals surface area contributed by atoms with E-state index in [9.17, 15) is 8.42 Å². The van der Waals surface area contributed by atoms with E-state index in [2.05, 4.69) is 4.72 Å². The van der Waals surface area contributed by atoms with Gasteiger partial charge in [0.1, 0.15) is 5.75 Å². The Bertz CT molecular complexity index is 767. The average molecular weight is 319 g/mol. The molecule has 0 radical (unpaired) electrons. The van der Waals surface area contributed by atoms with Crippen molar-refractivity contribution in [3.8, 4) is 5.75 Å². The highest BCUT2D eigenvalue weighted by Crippen LogP contribution is 2.29. The molecule has 22 heavy (non-hydrogen) atoms. The lowest BCUT2D eigenvalue weighted by Gasteiger charge is -2.14. The molecule has 2 rings (SSSR count). The Morgan fingerprint density at radius 2 is 1.82 bits per heavy atom. The number of anilines is 1. The Balaban J connectivity index is 2.39. The van der Waals surface area contributed by atoms with Crippen LogP contribution in [0.4, 0.5) is 5.69 Å². The van der Waals surface area contributed by atoms with Crippen molar-refractivity contribution in [1.82, 2.24) is 0 Å². The summed E-state index contributed by atoms with van der Waals surface area (Å²) >= 11 is 0. The number of aryl methyl sites for hydroxylation is 1. The van der Waals surface area contributed by atoms with Crippen molar-refractivity contribution in [2.75, 3.05) is 11.8 Å². The van der Waals surface area contributed by atoms with Gasteiger partial charge in [-0.3, -0.25) is 4.72 Å². The highest BCUT2D eigenvalue weighted by atomic mass is 32.2. The van der Waals surface area contributed by atoms with Crippen LogP contribution in [0, 0.1) is 6.92 Å². The van der Waals surface area contributed by atoms with Gasteiger partial charge in [0.2, 0.25) is 0 Å². The molecule has 2 aromatic rings. The Labute approximate surface area is 132 Å². The van der Waals surface area contributed by atoms with Gasteiger partial charge in [0.05, 0.1) is 12.0 Å². The van der Waals surface area contributed by atoms with Crippen molar-refractivity contribution in [3.05, 3.63) is 53.6 Å². The van der Waals surface area contributed by atoms with Crippen LogP contribution in [-0.4, -0.2) is 15.5 Å². The van der Waals surface area contributed by atoms with Crippen LogP contribution in [0.5, 0.6) is 5.75 Å². The molecule has 0 amide bonds. The van der Waals surface area contributed by atoms with Gasteiger partial charge in [-0.25, -0.2) is 8.42 Å². The van der Waals surface area contributed by atoms with Gasteiger partial charge in [-0.1, -0.05) is 26.0 Å². The summed E-state index contributed by atoms with van der Waals surface area (Å²) in [5.41, 5.74) is 2.43. The summed E-state index contributed by atoms with van der Waals surface area (Å²) in [7, 11) is -2.03. The van der Waals surface area contributed by atoms with Gasteiger partial charge in [-0.2, -0.15) is 0 Å². The van der Waals surface area contributed by atoms with E-state index in [-0.39, 0.29) is 10.8 Å². The fraction of sp³-hybridized carbons (Fsp3) is 0.294. The SMILES string of the molecule is COc1ccc(S(=O)(=O)Nc2cccc(C)c2)cc1C(C)C. The average Bonchev–Trinajstić information content (AvgIpc) is 2.46. The van der Waals surface area contributed by atoms with Crippen molar-refractivity contribution in [2.24, 2.45) is 0 Å². The molecule has 0 heterocycles. The van der Waals surface area contributed by atoms with Gasteiger partial charge < -0.3 is 4.74 Å². The minimum Gasteiger partial charge on any atom is -0.496 e. The van der Waals surface area contributed by atoms with Crippen LogP contribution < -0.4 is 9.46 Å². The fourth-order valence-electron chi connectivity index (χ4n) is 2.25. The van der Waals surface area contributed by atoms with Crippen molar-refractivity contribution in [2.45, 2.75) is 31.6 Å². The normalized spacial score (nSPS) is 11.5. The molecular weight excluding hydrogens is 298 g/mol. The number of sulfonamides is 1. The molecule has 0 unspecified atom stereocenters. The van der Waals surface area contributed by atoms with E-state index in [4.69, 9.17) is 4.74 Å². The van der Waals surface area contributed by atoms with Crippen molar-refractivity contribution >= 4 is 15.7 Å². The van der Waals surface area contributed by atoms with Crippen LogP contribution in [0.3, 0.4) is 0 Å². The van der Waals surface area contributed by atoms with Crippen LogP contribution in [0.15, 0.2) is 47.4 Å². The van der Waals surface area contributed by atoms with E-state index in [1.165, 1.54) is 0 Å². The van der Waals surface area contributed by atoms with Crippen LogP contribution in [-0.2, 0) is 10.0 Å². The molecule has 4 nitrogen and oxygen atoms in total. The minimum absolute atomic E-state index is 0.170. The first kappa shape index (κ1) is 16.4. The Hall–Kier alpha value is -2.01. The molecule has 5 heteroatoms. The molecular formula is C17H21NO3S. The second-order valence-corrected chi connectivity index (χ2v) is 7.22. The summed E-state index contributed by atoms with van der Waals surface area (Å²) in [5, 5.41) is 0. The number of benzene rings is 2. The zero-order chi connectivity index (χ0) is 16.3. The summed E-state index contributed by atoms with van der Waals surface area (Å²) < 4.78 is 33.0. The first-order valence-corrected chi connectivity index (χ1v) is 8.59. The van der Waals surface area contributed by atoms with Crippen molar-refractivity contribution in [3.63, 3.8) is 0 Å². The molecule has 0 aliphatic heterocycles. The van der Waals surface area contributed by atoms with Crippen LogP contribution in [0.1, 0.15) is 30.9 Å². The smallest absolute Gasteiger partial charge is 0.261 e. The third kappa shape index (κ3) is 3.60. The minimum atomic E-state index is -3.62. The molecule has 0 aliphatic carbocycles. The zero-order valence-corrected chi connectivity index (χ0v) is 14.1. The summed E-state index contributed by atoms with van der Waals surface area (Å²) in [4.78, 5) is 0.235. The summed E-state index contributed by atoms with van der Waals surface area (Å²) in [6.07, 6.45) is 0. The predicted octanol–water partition coefficient (Wildman–Crippen LogP) is 3.93. The van der Waals surface area contributed by atoms with E-state index >= 15 is 0 Å². The number of methoxy groups -OCH3 is 1. The number of hydrogen-bond acceptors (Lipinski definition) is 3. The maximum absolute atomic E-state index is 12.5. The number of hydrogen-bond donors (Lipinski definition) is 1. The highest BCUT2D eigenvalue weighted by Gasteiger charge is 2.18. The molecule has 0 fully saturated rings. The van der Waals surface area contributed by atoms with Crippen molar-refractivity contribution < 1.29 is 13.2 Å². The molecule has 0 saturated carbocycles. The lowest BCUT2D eigenvalue weighted by molar-refractivity contribution is 0.407. The van der Waals surface area contributed by atoms with Gasteiger partial charge in [0.25, 0.3) is 10.0 Å². The largest absolute Gasteiger partial charge is 0.496 e. The zero-order valence-electron chi connectivity index (χ0n) is 13.3. The molecule has 1 N–H and O–H groups in total. The van der Waals surface area contributed by atoms with Gasteiger partial charge in [0, 0.05) is 5.69 Å². The van der Waals surface area contributed by atoms with E-state index in [0.717, 1.165) is 11.1 Å². The van der Waals surface area contributed by atoms with E-state index in [0.29, 0.717) is 11.4 Å². The van der Waals surface area contributed by atoms with Gasteiger partial charge in [-0.05, 0) is 54.3 Å². The quantitative estimate of drug-likeness (QED) is 0.908. The number of ether oxygens (including phenoxy) is 1. The van der Waals surface area contributed by atoms with Gasteiger partial charge >= 0.3 is 0 Å². The number of rotatable bonds is 5. The van der Waals surface area contributed by atoms with Crippen LogP contribution in [0.25, 0.3) is 0 Å². The summed E-state index contributed by atoms with van der Waals surface area (Å²) in [6, 6.07) is 12.2. The Kier molecular flexibility index (Phi) is 4.76. The van der Waals surface area contributed by atoms with Crippen LogP contribution >= 0.6 is 0 Å². The molecule has 0 atom stereocenters. The fourth-order valence-corrected chi connectivity index (χ4v) is 3.34. The van der Waals surface area contributed by atoms with E-state index < -0.39 is 10.0 Å². The second-order valence-electron chi connectivity index (χ2n) is 5.53. The third-order valence-corrected chi connectivity index (χ3v) is 4.78. The molecule has 0 bridgehead atoms. The van der Waals surface area contributed by atoms with E-state index in [1.807, 2.05) is 32.9 Å². The molecule has 0 spiro atoms. The maximum atomic E-state index is 12.5. The highest BCUT2D eigenvalue weighted by molar-refractivity contribution is 7.92.